The number of halogens is 3. The van der Waals surface area contributed by atoms with Gasteiger partial charge in [0.25, 0.3) is 5.03 Å². The normalized spacial score (nSPS) is 19.2. The molecule has 0 aliphatic carbocycles. The number of hydrogen-bond acceptors (Lipinski definition) is 6. The molecular weight excluding hydrogens is 367 g/mol. The lowest BCUT2D eigenvalue weighted by Crippen LogP contribution is -2.39. The van der Waals surface area contributed by atoms with Gasteiger partial charge in [-0.2, -0.15) is 18.2 Å². The van der Waals surface area contributed by atoms with E-state index in [2.05, 4.69) is 20.6 Å². The molecule has 10 heteroatoms. The Morgan fingerprint density at radius 2 is 2.08 bits per heavy atom. The van der Waals surface area contributed by atoms with Crippen LogP contribution in [0.4, 0.5) is 24.8 Å². The number of anilines is 2. The lowest BCUT2D eigenvalue weighted by Gasteiger charge is -2.24. The predicted octanol–water partition coefficient (Wildman–Crippen LogP) is 2.41. The summed E-state index contributed by atoms with van der Waals surface area (Å²) in [5, 5.41) is 5.59. The first-order chi connectivity index (χ1) is 12.4. The average molecular weight is 385 g/mol. The van der Waals surface area contributed by atoms with Crippen LogP contribution in [0, 0.1) is 0 Å². The number of benzene rings is 1. The summed E-state index contributed by atoms with van der Waals surface area (Å²) in [5.41, 5.74) is 4.77. The fourth-order valence-electron chi connectivity index (χ4n) is 2.68. The molecular formula is C16H18F3N5OS. The highest BCUT2D eigenvalue weighted by Crippen LogP contribution is 2.36. The van der Waals surface area contributed by atoms with Crippen LogP contribution in [-0.4, -0.2) is 33.7 Å². The summed E-state index contributed by atoms with van der Waals surface area (Å²) in [6, 6.07) is 6.08. The Morgan fingerprint density at radius 3 is 2.73 bits per heavy atom. The summed E-state index contributed by atoms with van der Waals surface area (Å²) >= 11 is -2.18. The van der Waals surface area contributed by atoms with Crippen molar-refractivity contribution in [2.24, 2.45) is 0 Å². The van der Waals surface area contributed by atoms with E-state index in [4.69, 9.17) is 5.73 Å². The van der Waals surface area contributed by atoms with Gasteiger partial charge in [0.15, 0.2) is 4.90 Å². The SMILES string of the molecule is Nc1ccccc1[S+]([O-])c1nc(NC2CCCNC2)ncc1C(F)(F)F. The number of nitrogens with two attached hydrogens (primary N) is 1. The van der Waals surface area contributed by atoms with Crippen molar-refractivity contribution in [2.45, 2.75) is 35.0 Å². The molecule has 1 aliphatic rings. The topological polar surface area (TPSA) is 98.9 Å². The molecule has 3 rings (SSSR count). The Morgan fingerprint density at radius 1 is 1.31 bits per heavy atom. The van der Waals surface area contributed by atoms with E-state index in [0.717, 1.165) is 19.4 Å². The molecule has 6 nitrogen and oxygen atoms in total. The molecule has 0 bridgehead atoms. The molecule has 1 fully saturated rings. The lowest BCUT2D eigenvalue weighted by atomic mass is 10.1. The smallest absolute Gasteiger partial charge is 0.424 e. The van der Waals surface area contributed by atoms with Gasteiger partial charge in [-0.3, -0.25) is 0 Å². The van der Waals surface area contributed by atoms with Gasteiger partial charge in [0.05, 0.1) is 11.9 Å². The Hall–Kier alpha value is -2.04. The summed E-state index contributed by atoms with van der Waals surface area (Å²) in [5.74, 6) is 0.0181. The second-order valence-corrected chi connectivity index (χ2v) is 7.27. The van der Waals surface area contributed by atoms with Crippen LogP contribution in [0.15, 0.2) is 40.4 Å². The molecule has 2 unspecified atom stereocenters. The number of piperidine rings is 1. The van der Waals surface area contributed by atoms with Crippen LogP contribution < -0.4 is 16.4 Å². The third-order valence-corrected chi connectivity index (χ3v) is 5.42. The Kier molecular flexibility index (Phi) is 5.54. The lowest BCUT2D eigenvalue weighted by molar-refractivity contribution is -0.140. The molecule has 0 spiro atoms. The summed E-state index contributed by atoms with van der Waals surface area (Å²) in [7, 11) is 0. The molecule has 1 aromatic carbocycles. The van der Waals surface area contributed by atoms with Crippen LogP contribution in [0.5, 0.6) is 0 Å². The Bertz CT molecular complexity index is 768. The first kappa shape index (κ1) is 18.7. The highest BCUT2D eigenvalue weighted by molar-refractivity contribution is 7.91. The van der Waals surface area contributed by atoms with Crippen LogP contribution in [-0.2, 0) is 17.4 Å². The van der Waals surface area contributed by atoms with E-state index in [1.807, 2.05) is 0 Å². The molecule has 26 heavy (non-hydrogen) atoms. The van der Waals surface area contributed by atoms with Crippen LogP contribution in [0.1, 0.15) is 18.4 Å². The number of nitrogens with one attached hydrogen (secondary N) is 2. The van der Waals surface area contributed by atoms with Crippen molar-refractivity contribution in [1.29, 1.82) is 0 Å². The van der Waals surface area contributed by atoms with E-state index in [0.29, 0.717) is 12.7 Å². The van der Waals surface area contributed by atoms with E-state index in [-0.39, 0.29) is 22.6 Å². The molecule has 2 aromatic rings. The number of aromatic nitrogens is 2. The molecule has 1 aromatic heterocycles. The molecule has 2 atom stereocenters. The van der Waals surface area contributed by atoms with Gasteiger partial charge in [0.1, 0.15) is 5.56 Å². The van der Waals surface area contributed by atoms with Gasteiger partial charge in [0.2, 0.25) is 5.95 Å². The number of rotatable bonds is 4. The maximum Gasteiger partial charge on any atom is 0.424 e. The summed E-state index contributed by atoms with van der Waals surface area (Å²) < 4.78 is 52.8. The van der Waals surface area contributed by atoms with E-state index < -0.39 is 27.9 Å². The van der Waals surface area contributed by atoms with Crippen molar-refractivity contribution < 1.29 is 17.7 Å². The van der Waals surface area contributed by atoms with Crippen LogP contribution in [0.2, 0.25) is 0 Å². The van der Waals surface area contributed by atoms with Crippen LogP contribution in [0.3, 0.4) is 0 Å². The zero-order chi connectivity index (χ0) is 18.7. The molecule has 2 heterocycles. The van der Waals surface area contributed by atoms with E-state index in [1.54, 1.807) is 12.1 Å². The number of alkyl halides is 3. The summed E-state index contributed by atoms with van der Waals surface area (Å²) in [6.45, 7) is 1.56. The van der Waals surface area contributed by atoms with Gasteiger partial charge in [-0.15, -0.1) is 0 Å². The number of nitrogens with zero attached hydrogens (tertiary/aromatic N) is 2. The summed E-state index contributed by atoms with van der Waals surface area (Å²) in [4.78, 5) is 7.77. The van der Waals surface area contributed by atoms with Crippen molar-refractivity contribution in [2.75, 3.05) is 24.1 Å². The molecule has 1 aliphatic heterocycles. The standard InChI is InChI=1S/C16H18F3N5OS/c17-16(18,19)11-9-22-15(23-10-4-3-7-21-8-10)24-14(11)26(25)13-6-2-1-5-12(13)20/h1-2,5-6,9-10,21H,3-4,7-8,20H2,(H,22,23,24). The monoisotopic (exact) mass is 385 g/mol. The van der Waals surface area contributed by atoms with Gasteiger partial charge >= 0.3 is 6.18 Å². The quantitative estimate of drug-likeness (QED) is 0.425. The van der Waals surface area contributed by atoms with E-state index in [9.17, 15) is 17.7 Å². The number of hydrogen-bond donors (Lipinski definition) is 3. The minimum absolute atomic E-state index is 0.00330. The van der Waals surface area contributed by atoms with Gasteiger partial charge in [-0.25, -0.2) is 4.98 Å². The predicted molar refractivity (Wildman–Crippen MR) is 92.1 cm³/mol. The Balaban J connectivity index is 1.96. The highest BCUT2D eigenvalue weighted by atomic mass is 32.2. The van der Waals surface area contributed by atoms with Gasteiger partial charge < -0.3 is 20.9 Å². The largest absolute Gasteiger partial charge is 0.605 e. The number of nitrogen functional groups attached to an aromatic ring is 1. The van der Waals surface area contributed by atoms with E-state index in [1.165, 1.54) is 12.1 Å². The first-order valence-electron chi connectivity index (χ1n) is 8.04. The maximum atomic E-state index is 13.3. The molecule has 0 amide bonds. The van der Waals surface area contributed by atoms with Crippen molar-refractivity contribution in [3.05, 3.63) is 36.0 Å². The van der Waals surface area contributed by atoms with Gasteiger partial charge in [0, 0.05) is 23.8 Å². The fraction of sp³-hybridized carbons (Fsp3) is 0.375. The molecule has 0 radical (unpaired) electrons. The zero-order valence-electron chi connectivity index (χ0n) is 13.7. The third kappa shape index (κ3) is 4.19. The number of para-hydroxylation sites is 1. The third-order valence-electron chi connectivity index (χ3n) is 3.98. The molecule has 4 N–H and O–H groups in total. The maximum absolute atomic E-state index is 13.3. The zero-order valence-corrected chi connectivity index (χ0v) is 14.5. The van der Waals surface area contributed by atoms with Crippen molar-refractivity contribution in [3.63, 3.8) is 0 Å². The minimum atomic E-state index is -4.72. The van der Waals surface area contributed by atoms with Crippen molar-refractivity contribution in [3.8, 4) is 0 Å². The van der Waals surface area contributed by atoms with Gasteiger partial charge in [-0.05, 0) is 31.5 Å². The average Bonchev–Trinajstić information content (AvgIpc) is 2.61. The van der Waals surface area contributed by atoms with Crippen molar-refractivity contribution in [1.82, 2.24) is 15.3 Å². The highest BCUT2D eigenvalue weighted by Gasteiger charge is 2.41. The van der Waals surface area contributed by atoms with Crippen molar-refractivity contribution >= 4 is 22.8 Å². The molecule has 0 saturated carbocycles. The summed E-state index contributed by atoms with van der Waals surface area (Å²) in [6.07, 6.45) is -2.27. The molecule has 140 valence electrons. The Labute approximate surface area is 151 Å². The molecule has 1 saturated heterocycles. The van der Waals surface area contributed by atoms with Crippen LogP contribution in [0.25, 0.3) is 0 Å². The van der Waals surface area contributed by atoms with Gasteiger partial charge in [-0.1, -0.05) is 12.1 Å². The fourth-order valence-corrected chi connectivity index (χ4v) is 3.91. The second-order valence-electron chi connectivity index (χ2n) is 5.90. The second kappa shape index (κ2) is 7.68. The van der Waals surface area contributed by atoms with E-state index >= 15 is 0 Å². The minimum Gasteiger partial charge on any atom is -0.605 e. The first-order valence-corrected chi connectivity index (χ1v) is 9.19. The van der Waals surface area contributed by atoms with Crippen LogP contribution >= 0.6 is 0 Å².